The molecule has 0 aliphatic heterocycles. The topological polar surface area (TPSA) is 52.4 Å². The van der Waals surface area contributed by atoms with Crippen LogP contribution in [0, 0.1) is 10.1 Å². The molecule has 0 radical (unpaired) electrons. The van der Waals surface area contributed by atoms with Crippen LogP contribution in [0.25, 0.3) is 0 Å². The monoisotopic (exact) mass is 227 g/mol. The first-order chi connectivity index (χ1) is 7.18. The molecule has 4 nitrogen and oxygen atoms in total. The Morgan fingerprint density at radius 1 is 1.47 bits per heavy atom. The molecule has 5 heteroatoms. The summed E-state index contributed by atoms with van der Waals surface area (Å²) in [5.74, 6) is 0.275. The molecular formula is C10H10ClNO3. The minimum absolute atomic E-state index is 0.113. The van der Waals surface area contributed by atoms with E-state index in [1.165, 1.54) is 6.07 Å². The molecule has 1 aliphatic carbocycles. The molecule has 1 aliphatic rings. The van der Waals surface area contributed by atoms with Crippen LogP contribution in [-0.2, 0) is 0 Å². The molecular weight excluding hydrogens is 218 g/mol. The second kappa shape index (κ2) is 4.06. The van der Waals surface area contributed by atoms with E-state index in [1.807, 2.05) is 0 Å². The summed E-state index contributed by atoms with van der Waals surface area (Å²) in [7, 11) is 0. The van der Waals surface area contributed by atoms with Crippen molar-refractivity contribution >= 4 is 17.3 Å². The lowest BCUT2D eigenvalue weighted by Gasteiger charge is -2.26. The molecule has 80 valence electrons. The van der Waals surface area contributed by atoms with Crippen molar-refractivity contribution in [3.8, 4) is 5.75 Å². The summed E-state index contributed by atoms with van der Waals surface area (Å²) in [5.41, 5.74) is -0.133. The molecule has 0 aromatic heterocycles. The van der Waals surface area contributed by atoms with Crippen LogP contribution in [0.4, 0.5) is 5.69 Å². The normalized spacial score (nSPS) is 15.8. The Morgan fingerprint density at radius 2 is 2.20 bits per heavy atom. The van der Waals surface area contributed by atoms with E-state index in [1.54, 1.807) is 12.1 Å². The summed E-state index contributed by atoms with van der Waals surface area (Å²) in [5, 5.41) is 10.9. The summed E-state index contributed by atoms with van der Waals surface area (Å²) < 4.78 is 5.50. The van der Waals surface area contributed by atoms with Gasteiger partial charge in [0.1, 0.15) is 5.02 Å². The summed E-state index contributed by atoms with van der Waals surface area (Å²) in [6.07, 6.45) is 3.16. The van der Waals surface area contributed by atoms with Crippen LogP contribution in [0.2, 0.25) is 5.02 Å². The molecule has 0 unspecified atom stereocenters. The summed E-state index contributed by atoms with van der Waals surface area (Å²) in [4.78, 5) is 10.3. The SMILES string of the molecule is O=[N+]([O-])c1c(Cl)cccc1OC1CCC1. The molecule has 0 saturated heterocycles. The fraction of sp³-hybridized carbons (Fsp3) is 0.400. The van der Waals surface area contributed by atoms with Gasteiger partial charge < -0.3 is 4.74 Å². The highest BCUT2D eigenvalue weighted by atomic mass is 35.5. The first-order valence-corrected chi connectivity index (χ1v) is 5.16. The maximum atomic E-state index is 10.8. The Morgan fingerprint density at radius 3 is 2.73 bits per heavy atom. The summed E-state index contributed by atoms with van der Waals surface area (Å²) in [6, 6.07) is 4.74. The zero-order valence-electron chi connectivity index (χ0n) is 7.98. The zero-order chi connectivity index (χ0) is 10.8. The van der Waals surface area contributed by atoms with Gasteiger partial charge in [0.05, 0.1) is 11.0 Å². The van der Waals surface area contributed by atoms with Gasteiger partial charge in [0.2, 0.25) is 0 Å². The van der Waals surface area contributed by atoms with Gasteiger partial charge >= 0.3 is 5.69 Å². The number of nitrogens with zero attached hydrogens (tertiary/aromatic N) is 1. The van der Waals surface area contributed by atoms with Crippen LogP contribution in [0.1, 0.15) is 19.3 Å². The van der Waals surface area contributed by atoms with Crippen LogP contribution >= 0.6 is 11.6 Å². The third kappa shape index (κ3) is 2.04. The zero-order valence-corrected chi connectivity index (χ0v) is 8.74. The Hall–Kier alpha value is -1.29. The summed E-state index contributed by atoms with van der Waals surface area (Å²) in [6.45, 7) is 0. The standard InChI is InChI=1S/C10H10ClNO3/c11-8-5-2-6-9(10(8)12(13)14)15-7-3-1-4-7/h2,5-7H,1,3-4H2. The minimum atomic E-state index is -0.504. The molecule has 0 amide bonds. The molecule has 15 heavy (non-hydrogen) atoms. The predicted octanol–water partition coefficient (Wildman–Crippen LogP) is 3.18. The van der Waals surface area contributed by atoms with E-state index >= 15 is 0 Å². The fourth-order valence-electron chi connectivity index (χ4n) is 1.44. The van der Waals surface area contributed by atoms with Crippen molar-refractivity contribution in [3.63, 3.8) is 0 Å². The van der Waals surface area contributed by atoms with Crippen molar-refractivity contribution in [2.75, 3.05) is 0 Å². The second-order valence-corrected chi connectivity index (χ2v) is 3.92. The van der Waals surface area contributed by atoms with E-state index < -0.39 is 4.92 Å². The molecule has 0 atom stereocenters. The molecule has 0 N–H and O–H groups in total. The lowest BCUT2D eigenvalue weighted by molar-refractivity contribution is -0.386. The van der Waals surface area contributed by atoms with Gasteiger partial charge in [-0.25, -0.2) is 0 Å². The Labute approximate surface area is 92.0 Å². The van der Waals surface area contributed by atoms with E-state index in [2.05, 4.69) is 0 Å². The summed E-state index contributed by atoms with van der Waals surface area (Å²) >= 11 is 5.75. The number of benzene rings is 1. The number of halogens is 1. The third-order valence-corrected chi connectivity index (χ3v) is 2.78. The van der Waals surface area contributed by atoms with E-state index in [0.717, 1.165) is 19.3 Å². The lowest BCUT2D eigenvalue weighted by Crippen LogP contribution is -2.24. The van der Waals surface area contributed by atoms with Gasteiger partial charge in [0.15, 0.2) is 5.75 Å². The smallest absolute Gasteiger partial charge is 0.329 e. The molecule has 0 bridgehead atoms. The number of ether oxygens (including phenoxy) is 1. The maximum absolute atomic E-state index is 10.8. The average Bonchev–Trinajstić information content (AvgIpc) is 2.10. The molecule has 0 spiro atoms. The van der Waals surface area contributed by atoms with Crippen LogP contribution in [0.15, 0.2) is 18.2 Å². The number of nitro groups is 1. The maximum Gasteiger partial charge on any atom is 0.329 e. The van der Waals surface area contributed by atoms with E-state index in [0.29, 0.717) is 0 Å². The van der Waals surface area contributed by atoms with Crippen LogP contribution < -0.4 is 4.74 Å². The molecule has 1 saturated carbocycles. The van der Waals surface area contributed by atoms with Crippen molar-refractivity contribution in [2.45, 2.75) is 25.4 Å². The lowest BCUT2D eigenvalue weighted by atomic mass is 9.96. The van der Waals surface area contributed by atoms with Crippen molar-refractivity contribution in [2.24, 2.45) is 0 Å². The Bertz CT molecular complexity index is 390. The minimum Gasteiger partial charge on any atom is -0.483 e. The number of hydrogen-bond donors (Lipinski definition) is 0. The van der Waals surface area contributed by atoms with Crippen molar-refractivity contribution in [1.29, 1.82) is 0 Å². The average molecular weight is 228 g/mol. The van der Waals surface area contributed by atoms with Gasteiger partial charge in [-0.3, -0.25) is 10.1 Å². The Balaban J connectivity index is 2.27. The van der Waals surface area contributed by atoms with E-state index in [-0.39, 0.29) is 22.6 Å². The number of hydrogen-bond acceptors (Lipinski definition) is 3. The molecule has 0 heterocycles. The highest BCUT2D eigenvalue weighted by Gasteiger charge is 2.25. The van der Waals surface area contributed by atoms with Gasteiger partial charge in [-0.05, 0) is 31.4 Å². The first-order valence-electron chi connectivity index (χ1n) is 4.78. The molecule has 1 fully saturated rings. The second-order valence-electron chi connectivity index (χ2n) is 3.51. The predicted molar refractivity (Wildman–Crippen MR) is 56.4 cm³/mol. The van der Waals surface area contributed by atoms with Gasteiger partial charge in [-0.1, -0.05) is 17.7 Å². The number of nitro benzene ring substituents is 1. The largest absolute Gasteiger partial charge is 0.483 e. The van der Waals surface area contributed by atoms with Gasteiger partial charge in [0, 0.05) is 0 Å². The molecule has 1 aromatic carbocycles. The van der Waals surface area contributed by atoms with Crippen molar-refractivity contribution < 1.29 is 9.66 Å². The van der Waals surface area contributed by atoms with E-state index in [9.17, 15) is 10.1 Å². The van der Waals surface area contributed by atoms with Gasteiger partial charge in [-0.15, -0.1) is 0 Å². The molecule has 2 rings (SSSR count). The van der Waals surface area contributed by atoms with Crippen LogP contribution in [0.3, 0.4) is 0 Å². The fourth-order valence-corrected chi connectivity index (χ4v) is 1.67. The van der Waals surface area contributed by atoms with Gasteiger partial charge in [0.25, 0.3) is 0 Å². The number of para-hydroxylation sites is 1. The first kappa shape index (κ1) is 10.2. The number of rotatable bonds is 3. The quantitative estimate of drug-likeness (QED) is 0.589. The third-order valence-electron chi connectivity index (χ3n) is 2.48. The van der Waals surface area contributed by atoms with E-state index in [4.69, 9.17) is 16.3 Å². The van der Waals surface area contributed by atoms with Crippen LogP contribution in [0.5, 0.6) is 5.75 Å². The van der Waals surface area contributed by atoms with Crippen LogP contribution in [-0.4, -0.2) is 11.0 Å². The van der Waals surface area contributed by atoms with Crippen molar-refractivity contribution in [1.82, 2.24) is 0 Å². The van der Waals surface area contributed by atoms with Crippen molar-refractivity contribution in [3.05, 3.63) is 33.3 Å². The highest BCUT2D eigenvalue weighted by Crippen LogP contribution is 2.36. The van der Waals surface area contributed by atoms with Gasteiger partial charge in [-0.2, -0.15) is 0 Å². The highest BCUT2D eigenvalue weighted by molar-refractivity contribution is 6.32. The molecule has 1 aromatic rings. The Kier molecular flexibility index (Phi) is 2.77.